The van der Waals surface area contributed by atoms with Gasteiger partial charge in [-0.3, -0.25) is 4.98 Å². The molecule has 1 aromatic heterocycles. The Morgan fingerprint density at radius 3 is 2.66 bits per heavy atom. The van der Waals surface area contributed by atoms with Crippen LogP contribution in [0, 0.1) is 0 Å². The van der Waals surface area contributed by atoms with Gasteiger partial charge in [-0.2, -0.15) is 0 Å². The van der Waals surface area contributed by atoms with Gasteiger partial charge in [0.1, 0.15) is 5.75 Å². The molecule has 1 N–H and O–H groups in total. The molecule has 0 atom stereocenters. The summed E-state index contributed by atoms with van der Waals surface area (Å²) < 4.78 is 5.70. The van der Waals surface area contributed by atoms with Crippen LogP contribution in [0.2, 0.25) is 10.0 Å². The summed E-state index contributed by atoms with van der Waals surface area (Å²) in [4.78, 5) is 6.23. The van der Waals surface area contributed by atoms with Crippen molar-refractivity contribution in [1.29, 1.82) is 0 Å². The number of hydrogen-bond donors (Lipinski definition) is 1. The molecule has 0 aliphatic rings. The summed E-state index contributed by atoms with van der Waals surface area (Å²) in [7, 11) is 0. The van der Waals surface area contributed by atoms with Crippen molar-refractivity contribution in [3.05, 3.63) is 88.2 Å². The molecule has 4 nitrogen and oxygen atoms in total. The number of aromatic nitrogens is 1. The van der Waals surface area contributed by atoms with E-state index in [4.69, 9.17) is 40.2 Å². The molecular formula is C22H21Cl2N3OS. The van der Waals surface area contributed by atoms with Gasteiger partial charge in [0.25, 0.3) is 0 Å². The fourth-order valence-corrected chi connectivity index (χ4v) is 3.52. The van der Waals surface area contributed by atoms with Gasteiger partial charge in [0.2, 0.25) is 0 Å². The second-order valence-electron chi connectivity index (χ2n) is 6.31. The number of para-hydroxylation sites is 2. The first-order valence-corrected chi connectivity index (χ1v) is 10.3. The molecule has 0 saturated carbocycles. The molecule has 0 saturated heterocycles. The monoisotopic (exact) mass is 445 g/mol. The second-order valence-corrected chi connectivity index (χ2v) is 7.54. The Hall–Kier alpha value is -2.34. The summed E-state index contributed by atoms with van der Waals surface area (Å²) in [5.74, 6) is 0.753. The quantitative estimate of drug-likeness (QED) is 0.439. The molecule has 3 aromatic rings. The molecule has 0 aliphatic heterocycles. The van der Waals surface area contributed by atoms with Gasteiger partial charge in [0, 0.05) is 35.5 Å². The molecular weight excluding hydrogens is 425 g/mol. The van der Waals surface area contributed by atoms with Crippen molar-refractivity contribution < 1.29 is 4.74 Å². The highest BCUT2D eigenvalue weighted by molar-refractivity contribution is 7.80. The number of nitrogens with one attached hydrogen (secondary N) is 1. The van der Waals surface area contributed by atoms with Crippen molar-refractivity contribution in [2.45, 2.75) is 20.0 Å². The zero-order valence-corrected chi connectivity index (χ0v) is 18.3. The van der Waals surface area contributed by atoms with Crippen LogP contribution in [-0.4, -0.2) is 21.6 Å². The van der Waals surface area contributed by atoms with E-state index in [-0.39, 0.29) is 0 Å². The molecule has 0 aliphatic carbocycles. The minimum atomic E-state index is 0.521. The van der Waals surface area contributed by atoms with Crippen molar-refractivity contribution in [3.8, 4) is 5.75 Å². The standard InChI is InChI=1S/C22H21Cl2N3OS/c1-2-28-21-8-4-3-7-20(21)26-22(29)27(14-16-6-5-11-25-13-16)15-17-9-10-18(23)12-19(17)24/h3-13H,2,14-15H2,1H3,(H,26,29). The van der Waals surface area contributed by atoms with Gasteiger partial charge in [-0.1, -0.05) is 47.5 Å². The molecule has 29 heavy (non-hydrogen) atoms. The van der Waals surface area contributed by atoms with Crippen LogP contribution in [0.5, 0.6) is 5.75 Å². The minimum Gasteiger partial charge on any atom is -0.492 e. The molecule has 2 aromatic carbocycles. The van der Waals surface area contributed by atoms with E-state index in [2.05, 4.69) is 10.3 Å². The number of benzene rings is 2. The molecule has 0 fully saturated rings. The van der Waals surface area contributed by atoms with Gasteiger partial charge in [0.05, 0.1) is 12.3 Å². The SMILES string of the molecule is CCOc1ccccc1NC(=S)N(Cc1cccnc1)Cc1ccc(Cl)cc1Cl. The summed E-state index contributed by atoms with van der Waals surface area (Å²) >= 11 is 18.2. The first-order chi connectivity index (χ1) is 14.1. The summed E-state index contributed by atoms with van der Waals surface area (Å²) in [6.07, 6.45) is 3.58. The van der Waals surface area contributed by atoms with Crippen LogP contribution in [0.25, 0.3) is 0 Å². The van der Waals surface area contributed by atoms with Gasteiger partial charge < -0.3 is 15.0 Å². The van der Waals surface area contributed by atoms with E-state index in [1.807, 2.05) is 66.6 Å². The summed E-state index contributed by atoms with van der Waals surface area (Å²) in [6, 6.07) is 17.1. The third-order valence-corrected chi connectivity index (χ3v) is 5.14. The van der Waals surface area contributed by atoms with Gasteiger partial charge in [0.15, 0.2) is 5.11 Å². The van der Waals surface area contributed by atoms with Crippen LogP contribution in [-0.2, 0) is 13.1 Å². The van der Waals surface area contributed by atoms with E-state index in [1.54, 1.807) is 12.3 Å². The maximum atomic E-state index is 6.40. The van der Waals surface area contributed by atoms with Crippen LogP contribution in [0.1, 0.15) is 18.1 Å². The Balaban J connectivity index is 1.84. The van der Waals surface area contributed by atoms with E-state index >= 15 is 0 Å². The molecule has 0 radical (unpaired) electrons. The van der Waals surface area contributed by atoms with E-state index in [0.29, 0.717) is 34.9 Å². The van der Waals surface area contributed by atoms with E-state index in [0.717, 1.165) is 22.6 Å². The topological polar surface area (TPSA) is 37.4 Å². The fourth-order valence-electron chi connectivity index (χ4n) is 2.81. The summed E-state index contributed by atoms with van der Waals surface area (Å²) in [5, 5.41) is 5.08. The average molecular weight is 446 g/mol. The van der Waals surface area contributed by atoms with Crippen molar-refractivity contribution in [3.63, 3.8) is 0 Å². The van der Waals surface area contributed by atoms with Crippen LogP contribution >= 0.6 is 35.4 Å². The van der Waals surface area contributed by atoms with Gasteiger partial charge in [-0.15, -0.1) is 0 Å². The maximum Gasteiger partial charge on any atom is 0.174 e. The largest absolute Gasteiger partial charge is 0.492 e. The molecule has 150 valence electrons. The van der Waals surface area contributed by atoms with Gasteiger partial charge in [-0.25, -0.2) is 0 Å². The molecule has 7 heteroatoms. The number of hydrogen-bond acceptors (Lipinski definition) is 3. The van der Waals surface area contributed by atoms with Crippen LogP contribution in [0.4, 0.5) is 5.69 Å². The number of rotatable bonds is 7. The van der Waals surface area contributed by atoms with E-state index in [9.17, 15) is 0 Å². The summed E-state index contributed by atoms with van der Waals surface area (Å²) in [6.45, 7) is 3.63. The van der Waals surface area contributed by atoms with E-state index < -0.39 is 0 Å². The average Bonchev–Trinajstić information content (AvgIpc) is 2.72. The minimum absolute atomic E-state index is 0.521. The normalized spacial score (nSPS) is 10.4. The lowest BCUT2D eigenvalue weighted by atomic mass is 10.2. The number of halogens is 2. The third kappa shape index (κ3) is 6.07. The molecule has 0 bridgehead atoms. The Morgan fingerprint density at radius 1 is 1.10 bits per heavy atom. The third-order valence-electron chi connectivity index (χ3n) is 4.19. The van der Waals surface area contributed by atoms with Crippen LogP contribution < -0.4 is 10.1 Å². The lowest BCUT2D eigenvalue weighted by molar-refractivity contribution is 0.342. The lowest BCUT2D eigenvalue weighted by Crippen LogP contribution is -2.34. The van der Waals surface area contributed by atoms with Gasteiger partial charge >= 0.3 is 0 Å². The van der Waals surface area contributed by atoms with Crippen molar-refractivity contribution in [2.24, 2.45) is 0 Å². The highest BCUT2D eigenvalue weighted by Gasteiger charge is 2.15. The van der Waals surface area contributed by atoms with Crippen molar-refractivity contribution in [2.75, 3.05) is 11.9 Å². The first-order valence-electron chi connectivity index (χ1n) is 9.17. The number of anilines is 1. The summed E-state index contributed by atoms with van der Waals surface area (Å²) in [5.41, 5.74) is 2.79. The lowest BCUT2D eigenvalue weighted by Gasteiger charge is -2.27. The molecule has 0 unspecified atom stereocenters. The van der Waals surface area contributed by atoms with Crippen LogP contribution in [0.3, 0.4) is 0 Å². The Kier molecular flexibility index (Phi) is 7.69. The van der Waals surface area contributed by atoms with Gasteiger partial charge in [-0.05, 0) is 60.6 Å². The zero-order chi connectivity index (χ0) is 20.6. The first kappa shape index (κ1) is 21.4. The fraction of sp³-hybridized carbons (Fsp3) is 0.182. The number of pyridine rings is 1. The van der Waals surface area contributed by atoms with Crippen molar-refractivity contribution >= 4 is 46.2 Å². The Bertz CT molecular complexity index is 969. The number of ether oxygens (including phenoxy) is 1. The zero-order valence-electron chi connectivity index (χ0n) is 15.9. The second kappa shape index (κ2) is 10.4. The number of thiocarbonyl (C=S) groups is 1. The number of nitrogens with zero attached hydrogens (tertiary/aromatic N) is 2. The molecule has 0 spiro atoms. The predicted octanol–water partition coefficient (Wildman–Crippen LogP) is 6.19. The highest BCUT2D eigenvalue weighted by atomic mass is 35.5. The predicted molar refractivity (Wildman–Crippen MR) is 124 cm³/mol. The molecule has 3 rings (SSSR count). The maximum absolute atomic E-state index is 6.40. The Labute approximate surface area is 186 Å². The molecule has 0 amide bonds. The van der Waals surface area contributed by atoms with Crippen LogP contribution in [0.15, 0.2) is 67.0 Å². The van der Waals surface area contributed by atoms with Crippen molar-refractivity contribution in [1.82, 2.24) is 9.88 Å². The highest BCUT2D eigenvalue weighted by Crippen LogP contribution is 2.26. The molecule has 1 heterocycles. The van der Waals surface area contributed by atoms with E-state index in [1.165, 1.54) is 0 Å². The Morgan fingerprint density at radius 2 is 1.93 bits per heavy atom. The smallest absolute Gasteiger partial charge is 0.174 e.